The van der Waals surface area contributed by atoms with Gasteiger partial charge in [-0.05, 0) is 12.1 Å². The number of aromatic nitrogens is 1. The third-order valence-corrected chi connectivity index (χ3v) is 2.17. The number of halogens is 2. The number of hydrogen-bond donors (Lipinski definition) is 0. The summed E-state index contributed by atoms with van der Waals surface area (Å²) in [6, 6.07) is 3.34. The van der Waals surface area contributed by atoms with Crippen molar-refractivity contribution >= 4 is 5.97 Å². The van der Waals surface area contributed by atoms with Crippen molar-refractivity contribution in [1.29, 1.82) is 0 Å². The smallest absolute Gasteiger partial charge is 0.343 e. The van der Waals surface area contributed by atoms with E-state index in [1.807, 2.05) is 0 Å². The molecule has 0 aliphatic rings. The molecule has 0 aliphatic heterocycles. The second-order valence-electron chi connectivity index (χ2n) is 3.17. The molecule has 2 aromatic rings. The highest BCUT2D eigenvalue weighted by atomic mass is 19.1. The van der Waals surface area contributed by atoms with Gasteiger partial charge in [-0.15, -0.1) is 0 Å². The van der Waals surface area contributed by atoms with Crippen LogP contribution >= 0.6 is 0 Å². The molecule has 0 radical (unpaired) electrons. The third kappa shape index (κ3) is 1.89. The van der Waals surface area contributed by atoms with E-state index in [0.717, 1.165) is 25.5 Å². The molecule has 0 N–H and O–H groups in total. The number of nitrogens with zero attached hydrogens (tertiary/aromatic N) is 1. The Balaban J connectivity index is 2.62. The molecule has 1 heterocycles. The maximum absolute atomic E-state index is 13.5. The number of esters is 1. The molecule has 17 heavy (non-hydrogen) atoms. The first kappa shape index (κ1) is 11.3. The molecule has 4 nitrogen and oxygen atoms in total. The van der Waals surface area contributed by atoms with Crippen LogP contribution in [0.5, 0.6) is 0 Å². The average Bonchev–Trinajstić information content (AvgIpc) is 2.77. The number of rotatable bonds is 2. The van der Waals surface area contributed by atoms with Gasteiger partial charge in [-0.2, -0.15) is 0 Å². The van der Waals surface area contributed by atoms with Gasteiger partial charge < -0.3 is 9.26 Å². The zero-order valence-corrected chi connectivity index (χ0v) is 8.74. The fraction of sp³-hybridized carbons (Fsp3) is 0.0909. The number of hydrogen-bond acceptors (Lipinski definition) is 4. The Kier molecular flexibility index (Phi) is 2.86. The lowest BCUT2D eigenvalue weighted by molar-refractivity contribution is 0.0600. The highest BCUT2D eigenvalue weighted by Gasteiger charge is 2.23. The first-order valence-electron chi connectivity index (χ1n) is 4.62. The molecule has 88 valence electrons. The maximum atomic E-state index is 13.5. The molecule has 0 aliphatic carbocycles. The fourth-order valence-corrected chi connectivity index (χ4v) is 1.40. The highest BCUT2D eigenvalue weighted by molar-refractivity contribution is 5.95. The minimum atomic E-state index is -0.830. The van der Waals surface area contributed by atoms with Crippen molar-refractivity contribution in [2.24, 2.45) is 0 Å². The van der Waals surface area contributed by atoms with Crippen LogP contribution in [0.3, 0.4) is 0 Å². The van der Waals surface area contributed by atoms with Gasteiger partial charge in [0.2, 0.25) is 0 Å². The lowest BCUT2D eigenvalue weighted by Crippen LogP contribution is -2.03. The number of ether oxygens (including phenoxy) is 1. The van der Waals surface area contributed by atoms with Crippen LogP contribution in [-0.4, -0.2) is 18.2 Å². The van der Waals surface area contributed by atoms with E-state index in [9.17, 15) is 13.6 Å². The highest BCUT2D eigenvalue weighted by Crippen LogP contribution is 2.27. The Morgan fingerprint density at radius 2 is 2.00 bits per heavy atom. The molecule has 1 aromatic heterocycles. The Hall–Kier alpha value is -2.24. The Morgan fingerprint density at radius 1 is 1.35 bits per heavy atom. The Morgan fingerprint density at radius 3 is 2.59 bits per heavy atom. The van der Waals surface area contributed by atoms with Crippen LogP contribution in [0, 0.1) is 11.6 Å². The van der Waals surface area contributed by atoms with Crippen molar-refractivity contribution in [3.05, 3.63) is 41.7 Å². The van der Waals surface area contributed by atoms with Crippen LogP contribution in [0.2, 0.25) is 0 Å². The molecule has 0 unspecified atom stereocenters. The van der Waals surface area contributed by atoms with Crippen LogP contribution in [0.1, 0.15) is 10.4 Å². The first-order valence-corrected chi connectivity index (χ1v) is 4.62. The second-order valence-corrected chi connectivity index (χ2v) is 3.17. The number of methoxy groups -OCH3 is 1. The third-order valence-electron chi connectivity index (χ3n) is 2.17. The summed E-state index contributed by atoms with van der Waals surface area (Å²) in [7, 11) is 1.15. The minimum Gasteiger partial charge on any atom is -0.465 e. The standard InChI is InChI=1S/C11H7F2NO3/c1-16-11(15)6-5-17-14-10(6)9-7(12)3-2-4-8(9)13/h2-5H,1H3. The maximum Gasteiger partial charge on any atom is 0.343 e. The second kappa shape index (κ2) is 4.32. The monoisotopic (exact) mass is 239 g/mol. The van der Waals surface area contributed by atoms with Gasteiger partial charge in [-0.25, -0.2) is 13.6 Å². The molecular weight excluding hydrogens is 232 g/mol. The largest absolute Gasteiger partial charge is 0.465 e. The topological polar surface area (TPSA) is 52.3 Å². The van der Waals surface area contributed by atoms with Gasteiger partial charge in [0.15, 0.2) is 0 Å². The fourth-order valence-electron chi connectivity index (χ4n) is 1.40. The molecule has 0 atom stereocenters. The molecule has 2 rings (SSSR count). The summed E-state index contributed by atoms with van der Waals surface area (Å²) in [5, 5.41) is 3.42. The van der Waals surface area contributed by atoms with Crippen LogP contribution < -0.4 is 0 Å². The van der Waals surface area contributed by atoms with Gasteiger partial charge >= 0.3 is 5.97 Å². The zero-order valence-electron chi connectivity index (χ0n) is 8.74. The molecule has 0 fully saturated rings. The molecular formula is C11H7F2NO3. The molecule has 0 amide bonds. The van der Waals surface area contributed by atoms with E-state index in [4.69, 9.17) is 0 Å². The molecule has 1 aromatic carbocycles. The normalized spacial score (nSPS) is 10.3. The molecule has 0 saturated heterocycles. The molecule has 0 spiro atoms. The van der Waals surface area contributed by atoms with Crippen molar-refractivity contribution in [3.63, 3.8) is 0 Å². The molecule has 0 saturated carbocycles. The number of benzene rings is 1. The van der Waals surface area contributed by atoms with Crippen molar-refractivity contribution in [3.8, 4) is 11.3 Å². The van der Waals surface area contributed by atoms with E-state index in [0.29, 0.717) is 0 Å². The van der Waals surface area contributed by atoms with Crippen molar-refractivity contribution in [2.45, 2.75) is 0 Å². The van der Waals surface area contributed by atoms with E-state index in [2.05, 4.69) is 14.4 Å². The summed E-state index contributed by atoms with van der Waals surface area (Å²) < 4.78 is 36.0. The van der Waals surface area contributed by atoms with Crippen molar-refractivity contribution in [1.82, 2.24) is 5.16 Å². The van der Waals surface area contributed by atoms with Crippen molar-refractivity contribution in [2.75, 3.05) is 7.11 Å². The Bertz CT molecular complexity index is 545. The van der Waals surface area contributed by atoms with Gasteiger partial charge in [0.1, 0.15) is 29.2 Å². The van der Waals surface area contributed by atoms with Gasteiger partial charge in [0, 0.05) is 0 Å². The minimum absolute atomic E-state index is 0.128. The van der Waals surface area contributed by atoms with Gasteiger partial charge in [0.05, 0.1) is 12.7 Å². The molecule has 6 heteroatoms. The van der Waals surface area contributed by atoms with Crippen LogP contribution in [-0.2, 0) is 4.74 Å². The first-order chi connectivity index (χ1) is 8.15. The van der Waals surface area contributed by atoms with E-state index in [1.165, 1.54) is 6.07 Å². The van der Waals surface area contributed by atoms with Gasteiger partial charge in [-0.1, -0.05) is 11.2 Å². The van der Waals surface area contributed by atoms with Crippen LogP contribution in [0.4, 0.5) is 8.78 Å². The van der Waals surface area contributed by atoms with E-state index < -0.39 is 23.2 Å². The summed E-state index contributed by atoms with van der Waals surface area (Å²) in [6.45, 7) is 0. The van der Waals surface area contributed by atoms with E-state index >= 15 is 0 Å². The summed E-state index contributed by atoms with van der Waals surface area (Å²) in [5.41, 5.74) is -0.759. The quantitative estimate of drug-likeness (QED) is 0.755. The van der Waals surface area contributed by atoms with Gasteiger partial charge in [-0.3, -0.25) is 0 Å². The number of carbonyl (C=O) groups excluding carboxylic acids is 1. The Labute approximate surface area is 94.8 Å². The van der Waals surface area contributed by atoms with Crippen molar-refractivity contribution < 1.29 is 22.8 Å². The average molecular weight is 239 g/mol. The lowest BCUT2D eigenvalue weighted by atomic mass is 10.1. The predicted molar refractivity (Wildman–Crippen MR) is 53.2 cm³/mol. The summed E-state index contributed by atoms with van der Waals surface area (Å²) in [4.78, 5) is 11.3. The van der Waals surface area contributed by atoms with E-state index in [-0.39, 0.29) is 11.3 Å². The van der Waals surface area contributed by atoms with Crippen LogP contribution in [0.25, 0.3) is 11.3 Å². The van der Waals surface area contributed by atoms with Crippen LogP contribution in [0.15, 0.2) is 29.0 Å². The van der Waals surface area contributed by atoms with E-state index in [1.54, 1.807) is 0 Å². The summed E-state index contributed by atoms with van der Waals surface area (Å²) in [5.74, 6) is -2.43. The van der Waals surface area contributed by atoms with Gasteiger partial charge in [0.25, 0.3) is 0 Å². The molecule has 0 bridgehead atoms. The summed E-state index contributed by atoms with van der Waals surface area (Å²) >= 11 is 0. The lowest BCUT2D eigenvalue weighted by Gasteiger charge is -2.02. The number of carbonyl (C=O) groups is 1. The zero-order chi connectivity index (χ0) is 12.4. The summed E-state index contributed by atoms with van der Waals surface area (Å²) in [6.07, 6.45) is 0.979. The SMILES string of the molecule is COC(=O)c1conc1-c1c(F)cccc1F. The predicted octanol–water partition coefficient (Wildman–Crippen LogP) is 2.41.